The highest BCUT2D eigenvalue weighted by Crippen LogP contribution is 2.47. The molecule has 1 aromatic carbocycles. The lowest BCUT2D eigenvalue weighted by Crippen LogP contribution is -2.48. The summed E-state index contributed by atoms with van der Waals surface area (Å²) in [5.41, 5.74) is 1.28. The van der Waals surface area contributed by atoms with Crippen LogP contribution >= 0.6 is 15.9 Å². The number of hydrogen-bond acceptors (Lipinski definition) is 5. The molecule has 10 heteroatoms. The molecule has 1 aliphatic carbocycles. The lowest BCUT2D eigenvalue weighted by Gasteiger charge is -2.33. The molecule has 2 aromatic rings. The summed E-state index contributed by atoms with van der Waals surface area (Å²) in [5.74, 6) is -0.786. The average Bonchev–Trinajstić information content (AvgIpc) is 3.48. The Morgan fingerprint density at radius 1 is 1.15 bits per heavy atom. The molecule has 0 spiro atoms. The number of carbonyl (C=O) groups is 2. The van der Waals surface area contributed by atoms with Crippen molar-refractivity contribution in [2.75, 3.05) is 25.1 Å². The Kier molecular flexibility index (Phi) is 6.26. The number of nitrogens with zero attached hydrogens (tertiary/aromatic N) is 2. The molecule has 1 N–H and O–H groups in total. The molecular weight excluding hydrogens is 510 g/mol. The molecule has 2 heterocycles. The van der Waals surface area contributed by atoms with Gasteiger partial charge in [-0.1, -0.05) is 29.8 Å². The van der Waals surface area contributed by atoms with Crippen LogP contribution in [0.4, 0.5) is 0 Å². The van der Waals surface area contributed by atoms with Gasteiger partial charge in [-0.25, -0.2) is 8.42 Å². The van der Waals surface area contributed by atoms with Gasteiger partial charge in [-0.15, -0.1) is 0 Å². The van der Waals surface area contributed by atoms with Crippen molar-refractivity contribution in [3.63, 3.8) is 0 Å². The second-order valence-electron chi connectivity index (χ2n) is 9.18. The van der Waals surface area contributed by atoms with Crippen LogP contribution in [0.25, 0.3) is 0 Å². The van der Waals surface area contributed by atoms with Gasteiger partial charge in [-0.2, -0.15) is 0 Å². The number of halogens is 1. The number of benzene rings is 1. The third-order valence-electron chi connectivity index (χ3n) is 6.20. The summed E-state index contributed by atoms with van der Waals surface area (Å²) in [7, 11) is -3.15. The Labute approximate surface area is 201 Å². The zero-order valence-electron chi connectivity index (χ0n) is 18.6. The topological polar surface area (TPSA) is 106 Å². The lowest BCUT2D eigenvalue weighted by atomic mass is 10.1. The Hall–Kier alpha value is -2.46. The van der Waals surface area contributed by atoms with E-state index in [1.165, 1.54) is 16.9 Å². The van der Waals surface area contributed by atoms with E-state index in [0.29, 0.717) is 11.0 Å². The highest BCUT2D eigenvalue weighted by atomic mass is 79.9. The number of nitrogens with one attached hydrogen (secondary N) is 1. The van der Waals surface area contributed by atoms with E-state index >= 15 is 0 Å². The predicted octanol–water partition coefficient (Wildman–Crippen LogP) is 2.13. The minimum Gasteiger partial charge on any atom is -0.348 e. The Morgan fingerprint density at radius 3 is 2.42 bits per heavy atom. The molecule has 1 saturated carbocycles. The first-order valence-electron chi connectivity index (χ1n) is 10.7. The van der Waals surface area contributed by atoms with Gasteiger partial charge >= 0.3 is 0 Å². The van der Waals surface area contributed by atoms with E-state index in [2.05, 4.69) is 21.2 Å². The quantitative estimate of drug-likeness (QED) is 0.584. The number of sulfone groups is 1. The molecule has 0 atom stereocenters. The molecule has 2 aliphatic rings. The van der Waals surface area contributed by atoms with Crippen molar-refractivity contribution in [3.8, 4) is 0 Å². The van der Waals surface area contributed by atoms with E-state index in [1.807, 2.05) is 31.2 Å². The van der Waals surface area contributed by atoms with Gasteiger partial charge in [0.15, 0.2) is 0 Å². The van der Waals surface area contributed by atoms with E-state index in [4.69, 9.17) is 0 Å². The fraction of sp³-hybridized carbons (Fsp3) is 0.435. The maximum absolute atomic E-state index is 13.2. The highest BCUT2D eigenvalue weighted by molar-refractivity contribution is 9.10. The van der Waals surface area contributed by atoms with Crippen LogP contribution in [0.15, 0.2) is 39.6 Å². The van der Waals surface area contributed by atoms with Crippen LogP contribution in [0.2, 0.25) is 0 Å². The van der Waals surface area contributed by atoms with Gasteiger partial charge in [0.05, 0.1) is 5.75 Å². The van der Waals surface area contributed by atoms with E-state index in [1.54, 1.807) is 4.90 Å². The summed E-state index contributed by atoms with van der Waals surface area (Å²) < 4.78 is 25.2. The summed E-state index contributed by atoms with van der Waals surface area (Å²) in [6.07, 6.45) is 2.73. The summed E-state index contributed by atoms with van der Waals surface area (Å²) in [6, 6.07) is 9.11. The third-order valence-corrected chi connectivity index (χ3v) is 7.94. The van der Waals surface area contributed by atoms with Crippen molar-refractivity contribution in [1.29, 1.82) is 0 Å². The van der Waals surface area contributed by atoms with Crippen molar-refractivity contribution in [2.45, 2.75) is 32.9 Å². The predicted molar refractivity (Wildman–Crippen MR) is 128 cm³/mol. The zero-order chi connectivity index (χ0) is 24.0. The molecule has 1 fully saturated rings. The van der Waals surface area contributed by atoms with E-state index in [-0.39, 0.29) is 42.6 Å². The molecule has 4 rings (SSSR count). The van der Waals surface area contributed by atoms with E-state index in [9.17, 15) is 22.8 Å². The van der Waals surface area contributed by atoms with Crippen molar-refractivity contribution >= 4 is 37.6 Å². The first kappa shape index (κ1) is 23.7. The second kappa shape index (κ2) is 8.72. The molecule has 2 amide bonds. The van der Waals surface area contributed by atoms with Crippen LogP contribution in [0.5, 0.6) is 0 Å². The molecule has 8 nitrogen and oxygen atoms in total. The van der Waals surface area contributed by atoms with Gasteiger partial charge in [0.25, 0.3) is 17.4 Å². The van der Waals surface area contributed by atoms with Crippen LogP contribution in [-0.2, 0) is 22.9 Å². The molecule has 176 valence electrons. The van der Waals surface area contributed by atoms with Crippen LogP contribution in [0.1, 0.15) is 44.8 Å². The van der Waals surface area contributed by atoms with Gasteiger partial charge in [0.1, 0.15) is 21.1 Å². The largest absolute Gasteiger partial charge is 0.348 e. The number of pyridine rings is 1. The first-order valence-corrected chi connectivity index (χ1v) is 13.6. The number of aryl methyl sites for hydroxylation is 1. The Morgan fingerprint density at radius 2 is 1.82 bits per heavy atom. The fourth-order valence-corrected chi connectivity index (χ4v) is 6.42. The second-order valence-corrected chi connectivity index (χ2v) is 12.2. The van der Waals surface area contributed by atoms with Gasteiger partial charge < -0.3 is 14.8 Å². The highest BCUT2D eigenvalue weighted by Gasteiger charge is 2.48. The molecular formula is C23H26BrN3O5S. The van der Waals surface area contributed by atoms with Crippen molar-refractivity contribution < 1.29 is 18.0 Å². The van der Waals surface area contributed by atoms with Gasteiger partial charge in [-0.05, 0) is 47.3 Å². The minimum atomic E-state index is -3.15. The van der Waals surface area contributed by atoms with Crippen molar-refractivity contribution in [3.05, 3.63) is 67.5 Å². The van der Waals surface area contributed by atoms with Gasteiger partial charge in [0.2, 0.25) is 0 Å². The number of hydrogen-bond donors (Lipinski definition) is 1. The number of amides is 2. The van der Waals surface area contributed by atoms with Crippen molar-refractivity contribution in [2.24, 2.45) is 5.41 Å². The number of carbonyl (C=O) groups excluding carboxylic acids is 2. The van der Waals surface area contributed by atoms with Crippen LogP contribution < -0.4 is 10.9 Å². The smallest absolute Gasteiger partial charge is 0.271 e. The molecule has 0 saturated heterocycles. The summed E-state index contributed by atoms with van der Waals surface area (Å²) in [6.45, 7) is 3.14. The summed E-state index contributed by atoms with van der Waals surface area (Å²) >= 11 is 3.37. The zero-order valence-corrected chi connectivity index (χ0v) is 21.0. The van der Waals surface area contributed by atoms with Crippen LogP contribution in [0.3, 0.4) is 0 Å². The average molecular weight is 536 g/mol. The molecule has 1 aliphatic heterocycles. The first-order chi connectivity index (χ1) is 15.5. The van der Waals surface area contributed by atoms with E-state index in [0.717, 1.165) is 24.0 Å². The third kappa shape index (κ3) is 5.22. The van der Waals surface area contributed by atoms with Crippen LogP contribution in [0, 0.1) is 12.3 Å². The van der Waals surface area contributed by atoms with Crippen molar-refractivity contribution in [1.82, 2.24) is 14.8 Å². The summed E-state index contributed by atoms with van der Waals surface area (Å²) in [4.78, 5) is 40.5. The molecule has 33 heavy (non-hydrogen) atoms. The summed E-state index contributed by atoms with van der Waals surface area (Å²) in [5, 5.41) is 2.77. The number of fused-ring (bicyclic) bond motifs is 1. The standard InChI is InChI=1S/C23H26BrN3O5S/c1-15-3-5-16(6-4-15)12-25-20(28)17-11-18(24)19-22(30)26(9-10-27(19)21(17)29)13-23(7-8-23)14-33(2,31)32/h3-6,11H,7-10,12-14H2,1-2H3,(H,25,28). The van der Waals surface area contributed by atoms with Gasteiger partial charge in [0, 0.05) is 42.3 Å². The normalized spacial score (nSPS) is 16.9. The molecule has 0 radical (unpaired) electrons. The Bertz CT molecular complexity index is 1280. The number of aromatic nitrogens is 1. The minimum absolute atomic E-state index is 0.0327. The SMILES string of the molecule is Cc1ccc(CNC(=O)c2cc(Br)c3n(c2=O)CCN(CC2(CS(C)(=O)=O)CC2)C3=O)cc1. The van der Waals surface area contributed by atoms with Crippen LogP contribution in [-0.4, -0.2) is 54.8 Å². The van der Waals surface area contributed by atoms with Gasteiger partial charge in [-0.3, -0.25) is 14.4 Å². The monoisotopic (exact) mass is 535 g/mol. The maximum atomic E-state index is 13.2. The Balaban J connectivity index is 1.52. The maximum Gasteiger partial charge on any atom is 0.271 e. The molecule has 0 unspecified atom stereocenters. The fourth-order valence-electron chi connectivity index (χ4n) is 4.32. The number of rotatable bonds is 7. The lowest BCUT2D eigenvalue weighted by molar-refractivity contribution is 0.0663. The molecule has 1 aromatic heterocycles. The van der Waals surface area contributed by atoms with E-state index < -0.39 is 26.7 Å². The molecule has 0 bridgehead atoms.